The number of aliphatic imine (C=N–C) groups is 1. The van der Waals surface area contributed by atoms with Crippen LogP contribution in [-0.2, 0) is 0 Å². The molecule has 2 N–H and O–H groups in total. The predicted molar refractivity (Wildman–Crippen MR) is 59.1 cm³/mol. The Bertz CT molecular complexity index is 370. The number of nitrogens with zero attached hydrogens (tertiary/aromatic N) is 1. The summed E-state index contributed by atoms with van der Waals surface area (Å²) in [5.41, 5.74) is 8.89. The van der Waals surface area contributed by atoms with E-state index in [0.29, 0.717) is 5.84 Å². The molecule has 3 nitrogen and oxygen atoms in total. The Morgan fingerprint density at radius 2 is 1.93 bits per heavy atom. The molecule has 0 unspecified atom stereocenters. The van der Waals surface area contributed by atoms with Gasteiger partial charge in [0.15, 0.2) is 0 Å². The number of methoxy groups -OCH3 is 1. The fraction of sp³-hybridized carbons (Fsp3) is 0.364. The first-order valence-electron chi connectivity index (χ1n) is 4.48. The summed E-state index contributed by atoms with van der Waals surface area (Å²) in [5, 5.41) is 0. The standard InChI is InChI=1S/C11H16N2O/c1-7-6-10(14-4)8(2)5-9(7)11(12)13-3/h5-6H,1-4H3,(H2,12,13). The van der Waals surface area contributed by atoms with Gasteiger partial charge in [0.2, 0.25) is 0 Å². The van der Waals surface area contributed by atoms with Crippen molar-refractivity contribution in [2.75, 3.05) is 14.2 Å². The summed E-state index contributed by atoms with van der Waals surface area (Å²) in [6.45, 7) is 3.99. The molecule has 0 aliphatic heterocycles. The van der Waals surface area contributed by atoms with Gasteiger partial charge in [0, 0.05) is 12.6 Å². The molecule has 3 heteroatoms. The highest BCUT2D eigenvalue weighted by atomic mass is 16.5. The lowest BCUT2D eigenvalue weighted by Crippen LogP contribution is -2.14. The number of hydrogen-bond acceptors (Lipinski definition) is 2. The number of hydrogen-bond donors (Lipinski definition) is 1. The van der Waals surface area contributed by atoms with E-state index in [2.05, 4.69) is 4.99 Å². The van der Waals surface area contributed by atoms with Crippen molar-refractivity contribution < 1.29 is 4.74 Å². The van der Waals surface area contributed by atoms with Crippen molar-refractivity contribution in [2.24, 2.45) is 10.7 Å². The molecule has 0 aromatic heterocycles. The van der Waals surface area contributed by atoms with Gasteiger partial charge in [-0.2, -0.15) is 0 Å². The summed E-state index contributed by atoms with van der Waals surface area (Å²) in [6.07, 6.45) is 0. The van der Waals surface area contributed by atoms with Gasteiger partial charge in [-0.1, -0.05) is 0 Å². The average Bonchev–Trinajstić information content (AvgIpc) is 2.19. The molecule has 1 rings (SSSR count). The van der Waals surface area contributed by atoms with Gasteiger partial charge in [0.1, 0.15) is 11.6 Å². The molecule has 0 atom stereocenters. The van der Waals surface area contributed by atoms with E-state index in [1.54, 1.807) is 14.2 Å². The summed E-state index contributed by atoms with van der Waals surface area (Å²) in [4.78, 5) is 3.97. The van der Waals surface area contributed by atoms with Crippen molar-refractivity contribution >= 4 is 5.84 Å². The van der Waals surface area contributed by atoms with E-state index in [-0.39, 0.29) is 0 Å². The number of amidine groups is 1. The molecular formula is C11H16N2O. The van der Waals surface area contributed by atoms with Crippen LogP contribution in [0.15, 0.2) is 17.1 Å². The Morgan fingerprint density at radius 3 is 2.43 bits per heavy atom. The minimum atomic E-state index is 0.563. The van der Waals surface area contributed by atoms with E-state index in [1.807, 2.05) is 26.0 Å². The molecule has 1 aromatic rings. The van der Waals surface area contributed by atoms with Gasteiger partial charge < -0.3 is 10.5 Å². The van der Waals surface area contributed by atoms with Gasteiger partial charge in [0.25, 0.3) is 0 Å². The molecule has 0 saturated carbocycles. The van der Waals surface area contributed by atoms with Crippen LogP contribution in [0.1, 0.15) is 16.7 Å². The van der Waals surface area contributed by atoms with Crippen LogP contribution in [0.25, 0.3) is 0 Å². The molecule has 76 valence electrons. The van der Waals surface area contributed by atoms with E-state index in [9.17, 15) is 0 Å². The van der Waals surface area contributed by atoms with Crippen LogP contribution in [0, 0.1) is 13.8 Å². The molecule has 0 saturated heterocycles. The second-order valence-electron chi connectivity index (χ2n) is 3.25. The van der Waals surface area contributed by atoms with E-state index < -0.39 is 0 Å². The third-order valence-electron chi connectivity index (χ3n) is 2.26. The second kappa shape index (κ2) is 4.13. The van der Waals surface area contributed by atoms with Crippen molar-refractivity contribution in [3.05, 3.63) is 28.8 Å². The maximum atomic E-state index is 5.76. The van der Waals surface area contributed by atoms with E-state index in [1.165, 1.54) is 0 Å². The fourth-order valence-electron chi connectivity index (χ4n) is 1.41. The Labute approximate surface area is 84.6 Å². The minimum absolute atomic E-state index is 0.563. The summed E-state index contributed by atoms with van der Waals surface area (Å²) < 4.78 is 5.21. The molecule has 0 spiro atoms. The molecule has 0 bridgehead atoms. The van der Waals surface area contributed by atoms with Crippen molar-refractivity contribution in [2.45, 2.75) is 13.8 Å². The zero-order valence-electron chi connectivity index (χ0n) is 9.09. The predicted octanol–water partition coefficient (Wildman–Crippen LogP) is 1.65. The van der Waals surface area contributed by atoms with E-state index in [0.717, 1.165) is 22.4 Å². The molecule has 0 fully saturated rings. The zero-order valence-corrected chi connectivity index (χ0v) is 9.09. The van der Waals surface area contributed by atoms with Gasteiger partial charge in [-0.25, -0.2) is 0 Å². The highest BCUT2D eigenvalue weighted by molar-refractivity contribution is 5.99. The Hall–Kier alpha value is -1.51. The first kappa shape index (κ1) is 10.6. The highest BCUT2D eigenvalue weighted by Crippen LogP contribution is 2.22. The van der Waals surface area contributed by atoms with Gasteiger partial charge in [-0.05, 0) is 37.1 Å². The second-order valence-corrected chi connectivity index (χ2v) is 3.25. The minimum Gasteiger partial charge on any atom is -0.496 e. The normalized spacial score (nSPS) is 11.6. The van der Waals surface area contributed by atoms with Crippen LogP contribution >= 0.6 is 0 Å². The van der Waals surface area contributed by atoms with Crippen LogP contribution in [0.3, 0.4) is 0 Å². The summed E-state index contributed by atoms with van der Waals surface area (Å²) >= 11 is 0. The van der Waals surface area contributed by atoms with Gasteiger partial charge in [-0.3, -0.25) is 4.99 Å². The third kappa shape index (κ3) is 1.87. The zero-order chi connectivity index (χ0) is 10.7. The van der Waals surface area contributed by atoms with Crippen LogP contribution in [0.2, 0.25) is 0 Å². The topological polar surface area (TPSA) is 47.6 Å². The van der Waals surface area contributed by atoms with E-state index in [4.69, 9.17) is 10.5 Å². The smallest absolute Gasteiger partial charge is 0.125 e. The number of rotatable bonds is 2. The van der Waals surface area contributed by atoms with Gasteiger partial charge in [0.05, 0.1) is 7.11 Å². The van der Waals surface area contributed by atoms with Crippen molar-refractivity contribution in [3.8, 4) is 5.75 Å². The lowest BCUT2D eigenvalue weighted by atomic mass is 10.0. The maximum absolute atomic E-state index is 5.76. The molecule has 0 amide bonds. The molecule has 0 radical (unpaired) electrons. The largest absolute Gasteiger partial charge is 0.496 e. The maximum Gasteiger partial charge on any atom is 0.125 e. The van der Waals surface area contributed by atoms with Crippen LogP contribution < -0.4 is 10.5 Å². The lowest BCUT2D eigenvalue weighted by Gasteiger charge is -2.10. The first-order chi connectivity index (χ1) is 6.60. The fourth-order valence-corrected chi connectivity index (χ4v) is 1.41. The van der Waals surface area contributed by atoms with Crippen molar-refractivity contribution in [3.63, 3.8) is 0 Å². The molecule has 0 aliphatic carbocycles. The van der Waals surface area contributed by atoms with Gasteiger partial charge >= 0.3 is 0 Å². The Balaban J connectivity index is 3.29. The van der Waals surface area contributed by atoms with E-state index >= 15 is 0 Å². The van der Waals surface area contributed by atoms with Crippen molar-refractivity contribution in [1.29, 1.82) is 0 Å². The molecule has 14 heavy (non-hydrogen) atoms. The van der Waals surface area contributed by atoms with Crippen LogP contribution in [0.5, 0.6) is 5.75 Å². The quantitative estimate of drug-likeness (QED) is 0.572. The summed E-state index contributed by atoms with van der Waals surface area (Å²) in [5.74, 6) is 1.45. The highest BCUT2D eigenvalue weighted by Gasteiger charge is 2.06. The third-order valence-corrected chi connectivity index (χ3v) is 2.26. The Morgan fingerprint density at radius 1 is 1.29 bits per heavy atom. The number of ether oxygens (including phenoxy) is 1. The summed E-state index contributed by atoms with van der Waals surface area (Å²) in [7, 11) is 3.35. The lowest BCUT2D eigenvalue weighted by molar-refractivity contribution is 0.411. The van der Waals surface area contributed by atoms with Crippen LogP contribution in [-0.4, -0.2) is 20.0 Å². The average molecular weight is 192 g/mol. The molecule has 1 aromatic carbocycles. The molecule has 0 heterocycles. The monoisotopic (exact) mass is 192 g/mol. The van der Waals surface area contributed by atoms with Crippen molar-refractivity contribution in [1.82, 2.24) is 0 Å². The Kier molecular flexibility index (Phi) is 3.12. The number of aryl methyl sites for hydroxylation is 2. The SMILES string of the molecule is CN=C(N)c1cc(C)c(OC)cc1C. The summed E-state index contributed by atoms with van der Waals surface area (Å²) in [6, 6.07) is 3.97. The molecular weight excluding hydrogens is 176 g/mol. The molecule has 0 aliphatic rings. The number of nitrogens with two attached hydrogens (primary N) is 1. The van der Waals surface area contributed by atoms with Crippen LogP contribution in [0.4, 0.5) is 0 Å². The van der Waals surface area contributed by atoms with Gasteiger partial charge in [-0.15, -0.1) is 0 Å². The number of benzene rings is 1. The first-order valence-corrected chi connectivity index (χ1v) is 4.48.